The largest absolute Gasteiger partial charge is 0.480 e. The van der Waals surface area contributed by atoms with E-state index in [0.717, 1.165) is 10.9 Å². The highest BCUT2D eigenvalue weighted by Crippen LogP contribution is 2.19. The number of rotatable bonds is 16. The molecular formula is C29H38N8O7. The maximum atomic E-state index is 13.7. The minimum Gasteiger partial charge on any atom is -0.480 e. The first kappa shape index (κ1) is 33.3. The summed E-state index contributed by atoms with van der Waals surface area (Å²) in [6.07, 6.45) is 4.24. The number of amides is 5. The molecule has 4 atom stereocenters. The predicted molar refractivity (Wildman–Crippen MR) is 159 cm³/mol. The van der Waals surface area contributed by atoms with E-state index in [1.165, 1.54) is 19.4 Å². The Labute approximate surface area is 253 Å². The van der Waals surface area contributed by atoms with Crippen LogP contribution in [0.1, 0.15) is 44.9 Å². The fraction of sp³-hybridized carbons (Fsp3) is 0.414. The number of nitrogens with one attached hydrogen (secondary N) is 6. The molecule has 15 heteroatoms. The Morgan fingerprint density at radius 1 is 0.886 bits per heavy atom. The second-order valence-corrected chi connectivity index (χ2v) is 10.8. The Bertz CT molecular complexity index is 1480. The van der Waals surface area contributed by atoms with Crippen LogP contribution in [0.4, 0.5) is 0 Å². The molecular weight excluding hydrogens is 572 g/mol. The molecule has 0 aliphatic heterocycles. The lowest BCUT2D eigenvalue weighted by molar-refractivity contribution is -0.143. The van der Waals surface area contributed by atoms with E-state index in [0.29, 0.717) is 11.3 Å². The van der Waals surface area contributed by atoms with Crippen molar-refractivity contribution in [1.29, 1.82) is 0 Å². The van der Waals surface area contributed by atoms with Crippen molar-refractivity contribution in [2.24, 2.45) is 11.7 Å². The predicted octanol–water partition coefficient (Wildman–Crippen LogP) is -0.359. The number of hydrogen-bond acceptors (Lipinski definition) is 7. The van der Waals surface area contributed by atoms with Crippen LogP contribution in [0, 0.1) is 5.92 Å². The van der Waals surface area contributed by atoms with E-state index in [-0.39, 0.29) is 25.7 Å². The average Bonchev–Trinajstić information content (AvgIpc) is 3.62. The minimum absolute atomic E-state index is 0.00220. The first-order valence-electron chi connectivity index (χ1n) is 14.1. The monoisotopic (exact) mass is 610 g/mol. The Hall–Kier alpha value is -5.21. The summed E-state index contributed by atoms with van der Waals surface area (Å²) in [7, 11) is 0. The molecule has 3 aromatic rings. The zero-order valence-electron chi connectivity index (χ0n) is 24.7. The number of imidazole rings is 1. The summed E-state index contributed by atoms with van der Waals surface area (Å²) in [4.78, 5) is 85.4. The van der Waals surface area contributed by atoms with Gasteiger partial charge in [0.15, 0.2) is 0 Å². The Kier molecular flexibility index (Phi) is 11.6. The van der Waals surface area contributed by atoms with Gasteiger partial charge in [-0.05, 0) is 24.0 Å². The molecule has 0 fully saturated rings. The molecule has 0 bridgehead atoms. The Balaban J connectivity index is 1.90. The smallest absolute Gasteiger partial charge is 0.326 e. The minimum atomic E-state index is -1.27. The molecule has 0 aliphatic carbocycles. The van der Waals surface area contributed by atoms with Crippen molar-refractivity contribution in [3.63, 3.8) is 0 Å². The summed E-state index contributed by atoms with van der Waals surface area (Å²) in [6, 6.07) is 2.48. The van der Waals surface area contributed by atoms with Gasteiger partial charge in [0.1, 0.15) is 24.2 Å². The number of nitrogens with zero attached hydrogens (tertiary/aromatic N) is 1. The lowest BCUT2D eigenvalue weighted by Crippen LogP contribution is -2.59. The van der Waals surface area contributed by atoms with Gasteiger partial charge in [0.2, 0.25) is 29.5 Å². The summed E-state index contributed by atoms with van der Waals surface area (Å²) >= 11 is 0. The number of benzene rings is 1. The van der Waals surface area contributed by atoms with Crippen LogP contribution in [0.3, 0.4) is 0 Å². The number of hydrogen-bond donors (Lipinski definition) is 8. The van der Waals surface area contributed by atoms with Crippen molar-refractivity contribution < 1.29 is 33.9 Å². The van der Waals surface area contributed by atoms with Crippen LogP contribution >= 0.6 is 0 Å². The highest BCUT2D eigenvalue weighted by molar-refractivity contribution is 5.95. The third-order valence-corrected chi connectivity index (χ3v) is 6.94. The normalized spacial score (nSPS) is 13.8. The number of aromatic amines is 2. The number of carboxylic acids is 1. The van der Waals surface area contributed by atoms with Gasteiger partial charge in [-0.15, -0.1) is 0 Å². The van der Waals surface area contributed by atoms with Gasteiger partial charge in [-0.1, -0.05) is 32.0 Å². The molecule has 44 heavy (non-hydrogen) atoms. The number of para-hydroxylation sites is 1. The quantitative estimate of drug-likeness (QED) is 0.106. The molecule has 5 amide bonds. The number of aliphatic carboxylic acids is 1. The summed E-state index contributed by atoms with van der Waals surface area (Å²) in [5, 5.41) is 20.7. The highest BCUT2D eigenvalue weighted by atomic mass is 16.4. The summed E-state index contributed by atoms with van der Waals surface area (Å²) in [6.45, 7) is 4.49. The SMILES string of the molecule is CC(=O)N[C@@H](CCC(N)=O)C(=O)N[C@@H](Cc1c[nH]cn1)C(=O)N[C@@H](Cc1c[nH]c2ccccc12)C(=O)N[C@H](C(=O)O)C(C)C. The summed E-state index contributed by atoms with van der Waals surface area (Å²) < 4.78 is 0. The third-order valence-electron chi connectivity index (χ3n) is 6.94. The molecule has 0 unspecified atom stereocenters. The van der Waals surface area contributed by atoms with Crippen LogP contribution in [-0.4, -0.2) is 79.7 Å². The lowest BCUT2D eigenvalue weighted by atomic mass is 10.0. The molecule has 236 valence electrons. The number of carboxylic acid groups (broad SMARTS) is 1. The van der Waals surface area contributed by atoms with Gasteiger partial charge in [0, 0.05) is 49.5 Å². The highest BCUT2D eigenvalue weighted by Gasteiger charge is 2.33. The standard InChI is InChI=1S/C29H38N8O7/c1-15(2)25(29(43)44)37-28(42)22(10-17-12-32-20-7-5-4-6-19(17)20)35-27(41)23(11-18-13-31-14-33-18)36-26(40)21(34-16(3)38)8-9-24(30)39/h4-7,12-15,21-23,25,32H,8-11H2,1-3H3,(H2,30,39)(H,31,33)(H,34,38)(H,35,41)(H,36,40)(H,37,42)(H,43,44)/t21-,22-,23-,25-/m0/s1. The van der Waals surface area contributed by atoms with E-state index in [1.54, 1.807) is 20.0 Å². The Morgan fingerprint density at radius 3 is 2.11 bits per heavy atom. The van der Waals surface area contributed by atoms with Gasteiger partial charge in [-0.3, -0.25) is 24.0 Å². The van der Waals surface area contributed by atoms with Crippen molar-refractivity contribution >= 4 is 46.4 Å². The van der Waals surface area contributed by atoms with E-state index in [9.17, 15) is 33.9 Å². The van der Waals surface area contributed by atoms with Crippen LogP contribution in [0.25, 0.3) is 10.9 Å². The molecule has 0 aliphatic rings. The number of carbonyl (C=O) groups excluding carboxylic acids is 5. The average molecular weight is 611 g/mol. The van der Waals surface area contributed by atoms with Crippen LogP contribution in [-0.2, 0) is 41.6 Å². The third kappa shape index (κ3) is 9.40. The topological polar surface area (TPSA) is 241 Å². The van der Waals surface area contributed by atoms with Crippen LogP contribution in [0.2, 0.25) is 0 Å². The molecule has 0 spiro atoms. The van der Waals surface area contributed by atoms with Crippen molar-refractivity contribution in [2.75, 3.05) is 0 Å². The van der Waals surface area contributed by atoms with Crippen molar-refractivity contribution in [3.8, 4) is 0 Å². The molecule has 2 heterocycles. The summed E-state index contributed by atoms with van der Waals surface area (Å²) in [5.74, 6) is -5.11. The number of H-pyrrole nitrogens is 2. The van der Waals surface area contributed by atoms with Gasteiger partial charge in [0.25, 0.3) is 0 Å². The maximum Gasteiger partial charge on any atom is 0.326 e. The zero-order valence-corrected chi connectivity index (χ0v) is 24.7. The van der Waals surface area contributed by atoms with E-state index in [2.05, 4.69) is 36.2 Å². The molecule has 2 aromatic heterocycles. The van der Waals surface area contributed by atoms with Crippen LogP contribution in [0.15, 0.2) is 43.0 Å². The van der Waals surface area contributed by atoms with Gasteiger partial charge in [-0.2, -0.15) is 0 Å². The van der Waals surface area contributed by atoms with E-state index < -0.39 is 65.6 Å². The molecule has 0 saturated carbocycles. The molecule has 0 radical (unpaired) electrons. The second kappa shape index (κ2) is 15.3. The fourth-order valence-corrected chi connectivity index (χ4v) is 4.66. The number of nitrogens with two attached hydrogens (primary N) is 1. The molecule has 0 saturated heterocycles. The first-order valence-corrected chi connectivity index (χ1v) is 14.1. The molecule has 9 N–H and O–H groups in total. The van der Waals surface area contributed by atoms with Gasteiger partial charge in [-0.25, -0.2) is 9.78 Å². The van der Waals surface area contributed by atoms with Crippen LogP contribution < -0.4 is 27.0 Å². The van der Waals surface area contributed by atoms with E-state index >= 15 is 0 Å². The number of fused-ring (bicyclic) bond motifs is 1. The first-order chi connectivity index (χ1) is 20.8. The van der Waals surface area contributed by atoms with Gasteiger partial charge < -0.3 is 42.1 Å². The van der Waals surface area contributed by atoms with Crippen molar-refractivity contribution in [3.05, 3.63) is 54.2 Å². The van der Waals surface area contributed by atoms with E-state index in [4.69, 9.17) is 5.73 Å². The number of primary amides is 1. The summed E-state index contributed by atoms with van der Waals surface area (Å²) in [5.41, 5.74) is 7.14. The van der Waals surface area contributed by atoms with Gasteiger partial charge >= 0.3 is 5.97 Å². The van der Waals surface area contributed by atoms with Crippen LogP contribution in [0.5, 0.6) is 0 Å². The molecule has 1 aromatic carbocycles. The second-order valence-electron chi connectivity index (χ2n) is 10.8. The van der Waals surface area contributed by atoms with Crippen molar-refractivity contribution in [1.82, 2.24) is 36.2 Å². The fourth-order valence-electron chi connectivity index (χ4n) is 4.66. The number of aromatic nitrogens is 3. The lowest BCUT2D eigenvalue weighted by Gasteiger charge is -2.26. The van der Waals surface area contributed by atoms with Gasteiger partial charge in [0.05, 0.1) is 12.0 Å². The zero-order chi connectivity index (χ0) is 32.4. The number of carbonyl (C=O) groups is 6. The van der Waals surface area contributed by atoms with E-state index in [1.807, 2.05) is 24.3 Å². The Morgan fingerprint density at radius 2 is 1.52 bits per heavy atom. The molecule has 3 rings (SSSR count). The van der Waals surface area contributed by atoms with Crippen molar-refractivity contribution in [2.45, 2.75) is 70.6 Å². The molecule has 15 nitrogen and oxygen atoms in total. The maximum absolute atomic E-state index is 13.7.